The average Bonchev–Trinajstić information content (AvgIpc) is 2.42. The van der Waals surface area contributed by atoms with E-state index in [-0.39, 0.29) is 5.91 Å². The van der Waals surface area contributed by atoms with Gasteiger partial charge in [0.2, 0.25) is 5.91 Å². The molecular weight excluding hydrogens is 226 g/mol. The molecule has 1 rings (SSSR count). The van der Waals surface area contributed by atoms with Crippen LogP contribution in [0.2, 0.25) is 0 Å². The second-order valence-corrected chi connectivity index (χ2v) is 4.18. The minimum atomic E-state index is 0.0368. The Morgan fingerprint density at radius 1 is 1.33 bits per heavy atom. The summed E-state index contributed by atoms with van der Waals surface area (Å²) in [5, 5.41) is 8.99. The molecule has 1 aromatic carbocycles. The van der Waals surface area contributed by atoms with Gasteiger partial charge in [-0.2, -0.15) is 5.26 Å². The van der Waals surface area contributed by atoms with Crippen LogP contribution < -0.4 is 10.6 Å². The lowest BCUT2D eigenvalue weighted by molar-refractivity contribution is -0.118. The van der Waals surface area contributed by atoms with E-state index in [9.17, 15) is 4.79 Å². The van der Waals surface area contributed by atoms with Gasteiger partial charge in [-0.15, -0.1) is 0 Å². The molecule has 2 N–H and O–H groups in total. The number of nitrogens with two attached hydrogens (primary N) is 1. The van der Waals surface area contributed by atoms with E-state index in [1.165, 1.54) is 0 Å². The summed E-state index contributed by atoms with van der Waals surface area (Å²) in [7, 11) is 1.71. The predicted molar refractivity (Wildman–Crippen MR) is 72.1 cm³/mol. The lowest BCUT2D eigenvalue weighted by atomic mass is 10.1. The quantitative estimate of drug-likeness (QED) is 0.780. The average molecular weight is 245 g/mol. The number of anilines is 1. The standard InChI is InChI=1S/C14H19N3O/c1-17(14(18)9-3-2-6-10-15)13-8-5-4-7-12(13)11-16/h4-5,7-8H,2-3,6,9-10,15H2,1H3. The van der Waals surface area contributed by atoms with Crippen molar-refractivity contribution < 1.29 is 4.79 Å². The molecular formula is C14H19N3O. The Bertz CT molecular complexity index is 437. The molecule has 1 aromatic rings. The Labute approximate surface area is 108 Å². The highest BCUT2D eigenvalue weighted by Crippen LogP contribution is 2.19. The van der Waals surface area contributed by atoms with Crippen molar-refractivity contribution in [3.8, 4) is 6.07 Å². The van der Waals surface area contributed by atoms with Gasteiger partial charge in [0.15, 0.2) is 0 Å². The minimum absolute atomic E-state index is 0.0368. The summed E-state index contributed by atoms with van der Waals surface area (Å²) in [5.41, 5.74) is 6.60. The van der Waals surface area contributed by atoms with Gasteiger partial charge in [-0.3, -0.25) is 4.79 Å². The summed E-state index contributed by atoms with van der Waals surface area (Å²) in [4.78, 5) is 13.5. The van der Waals surface area contributed by atoms with Crippen LogP contribution in [-0.4, -0.2) is 19.5 Å². The zero-order valence-corrected chi connectivity index (χ0v) is 10.7. The minimum Gasteiger partial charge on any atom is -0.330 e. The monoisotopic (exact) mass is 245 g/mol. The van der Waals surface area contributed by atoms with Crippen molar-refractivity contribution in [3.63, 3.8) is 0 Å². The number of nitrogens with zero attached hydrogens (tertiary/aromatic N) is 2. The van der Waals surface area contributed by atoms with Gasteiger partial charge in [0.05, 0.1) is 11.3 Å². The molecule has 0 aliphatic heterocycles. The van der Waals surface area contributed by atoms with Crippen LogP contribution >= 0.6 is 0 Å². The van der Waals surface area contributed by atoms with E-state index in [2.05, 4.69) is 6.07 Å². The van der Waals surface area contributed by atoms with Crippen molar-refractivity contribution in [1.29, 1.82) is 5.26 Å². The van der Waals surface area contributed by atoms with E-state index < -0.39 is 0 Å². The molecule has 0 unspecified atom stereocenters. The first-order chi connectivity index (χ1) is 8.70. The lowest BCUT2D eigenvalue weighted by Crippen LogP contribution is -2.26. The fraction of sp³-hybridized carbons (Fsp3) is 0.429. The molecule has 96 valence electrons. The fourth-order valence-electron chi connectivity index (χ4n) is 1.76. The van der Waals surface area contributed by atoms with Crippen molar-refractivity contribution in [1.82, 2.24) is 0 Å². The van der Waals surface area contributed by atoms with Crippen molar-refractivity contribution in [2.45, 2.75) is 25.7 Å². The Kier molecular flexibility index (Phi) is 5.89. The molecule has 18 heavy (non-hydrogen) atoms. The largest absolute Gasteiger partial charge is 0.330 e. The molecule has 0 spiro atoms. The van der Waals surface area contributed by atoms with Crippen LogP contribution in [0.4, 0.5) is 5.69 Å². The van der Waals surface area contributed by atoms with E-state index in [4.69, 9.17) is 11.0 Å². The van der Waals surface area contributed by atoms with Gasteiger partial charge in [-0.1, -0.05) is 18.6 Å². The zero-order valence-electron chi connectivity index (χ0n) is 10.7. The van der Waals surface area contributed by atoms with E-state index in [1.807, 2.05) is 6.07 Å². The van der Waals surface area contributed by atoms with Crippen LogP contribution in [0.3, 0.4) is 0 Å². The first-order valence-corrected chi connectivity index (χ1v) is 6.16. The Morgan fingerprint density at radius 2 is 2.06 bits per heavy atom. The maximum atomic E-state index is 12.0. The summed E-state index contributed by atoms with van der Waals surface area (Å²) in [5.74, 6) is 0.0368. The molecule has 0 fully saturated rings. The molecule has 0 aromatic heterocycles. The molecule has 0 atom stereocenters. The third-order valence-corrected chi connectivity index (χ3v) is 2.85. The van der Waals surface area contributed by atoms with Crippen molar-refractivity contribution in [3.05, 3.63) is 29.8 Å². The third-order valence-electron chi connectivity index (χ3n) is 2.85. The van der Waals surface area contributed by atoms with E-state index >= 15 is 0 Å². The van der Waals surface area contributed by atoms with Gasteiger partial charge in [-0.25, -0.2) is 0 Å². The molecule has 4 heteroatoms. The van der Waals surface area contributed by atoms with Crippen LogP contribution in [0.5, 0.6) is 0 Å². The summed E-state index contributed by atoms with van der Waals surface area (Å²) in [6, 6.07) is 9.22. The number of amides is 1. The molecule has 0 saturated carbocycles. The number of rotatable bonds is 6. The first-order valence-electron chi connectivity index (χ1n) is 6.16. The number of nitriles is 1. The van der Waals surface area contributed by atoms with Crippen LogP contribution in [0, 0.1) is 11.3 Å². The molecule has 0 heterocycles. The van der Waals surface area contributed by atoms with Gasteiger partial charge in [0, 0.05) is 13.5 Å². The molecule has 4 nitrogen and oxygen atoms in total. The zero-order chi connectivity index (χ0) is 13.4. The molecule has 0 aliphatic carbocycles. The highest BCUT2D eigenvalue weighted by Gasteiger charge is 2.13. The van der Waals surface area contributed by atoms with Crippen LogP contribution in [0.1, 0.15) is 31.2 Å². The lowest BCUT2D eigenvalue weighted by Gasteiger charge is -2.18. The third kappa shape index (κ3) is 3.86. The maximum absolute atomic E-state index is 12.0. The second kappa shape index (κ2) is 7.46. The molecule has 0 bridgehead atoms. The number of carbonyl (C=O) groups is 1. The van der Waals surface area contributed by atoms with Crippen molar-refractivity contribution in [2.24, 2.45) is 5.73 Å². The van der Waals surface area contributed by atoms with Crippen LogP contribution in [-0.2, 0) is 4.79 Å². The summed E-state index contributed by atoms with van der Waals surface area (Å²) >= 11 is 0. The number of para-hydroxylation sites is 1. The number of benzene rings is 1. The molecule has 0 saturated heterocycles. The highest BCUT2D eigenvalue weighted by atomic mass is 16.2. The first kappa shape index (κ1) is 14.2. The summed E-state index contributed by atoms with van der Waals surface area (Å²) < 4.78 is 0. The van der Waals surface area contributed by atoms with E-state index in [0.29, 0.717) is 24.2 Å². The Hall–Kier alpha value is -1.86. The molecule has 1 amide bonds. The number of hydrogen-bond donors (Lipinski definition) is 1. The SMILES string of the molecule is CN(C(=O)CCCCCN)c1ccccc1C#N. The highest BCUT2D eigenvalue weighted by molar-refractivity contribution is 5.94. The Balaban J connectivity index is 2.61. The van der Waals surface area contributed by atoms with Gasteiger partial charge >= 0.3 is 0 Å². The smallest absolute Gasteiger partial charge is 0.226 e. The fourth-order valence-corrected chi connectivity index (χ4v) is 1.76. The van der Waals surface area contributed by atoms with Crippen LogP contribution in [0.25, 0.3) is 0 Å². The van der Waals surface area contributed by atoms with Crippen LogP contribution in [0.15, 0.2) is 24.3 Å². The summed E-state index contributed by atoms with van der Waals surface area (Å²) in [6.07, 6.45) is 3.26. The molecule has 0 radical (unpaired) electrons. The normalized spacial score (nSPS) is 9.83. The summed E-state index contributed by atoms with van der Waals surface area (Å²) in [6.45, 7) is 0.668. The number of carbonyl (C=O) groups excluding carboxylic acids is 1. The molecule has 0 aliphatic rings. The van der Waals surface area contributed by atoms with Gasteiger partial charge in [0.25, 0.3) is 0 Å². The predicted octanol–water partition coefficient (Wildman–Crippen LogP) is 2.04. The topological polar surface area (TPSA) is 70.1 Å². The number of hydrogen-bond acceptors (Lipinski definition) is 3. The second-order valence-electron chi connectivity index (χ2n) is 4.18. The van der Waals surface area contributed by atoms with Crippen molar-refractivity contribution >= 4 is 11.6 Å². The maximum Gasteiger partial charge on any atom is 0.226 e. The van der Waals surface area contributed by atoms with E-state index in [1.54, 1.807) is 30.1 Å². The van der Waals surface area contributed by atoms with Gasteiger partial charge < -0.3 is 10.6 Å². The van der Waals surface area contributed by atoms with E-state index in [0.717, 1.165) is 19.3 Å². The van der Waals surface area contributed by atoms with Gasteiger partial charge in [-0.05, 0) is 31.5 Å². The van der Waals surface area contributed by atoms with Gasteiger partial charge in [0.1, 0.15) is 6.07 Å². The Morgan fingerprint density at radius 3 is 2.72 bits per heavy atom. The number of unbranched alkanes of at least 4 members (excludes halogenated alkanes) is 2. The van der Waals surface area contributed by atoms with Crippen molar-refractivity contribution in [2.75, 3.05) is 18.5 Å².